The van der Waals surface area contributed by atoms with E-state index in [1.54, 1.807) is 0 Å². The fourth-order valence-corrected chi connectivity index (χ4v) is 3.15. The third kappa shape index (κ3) is 3.02. The minimum atomic E-state index is 0. The molecule has 0 nitrogen and oxygen atoms in total. The van der Waals surface area contributed by atoms with Crippen LogP contribution in [0.15, 0.2) is 36.4 Å². The molecule has 1 radical (unpaired) electrons. The largest absolute Gasteiger partial charge is 0.0613 e. The first-order valence-electron chi connectivity index (χ1n) is 7.81. The molecule has 2 aromatic carbocycles. The average Bonchev–Trinajstić information content (AvgIpc) is 2.73. The van der Waals surface area contributed by atoms with Gasteiger partial charge >= 0.3 is 0 Å². The Balaban J connectivity index is 0.00000176. The second-order valence-electron chi connectivity index (χ2n) is 8.21. The Hall–Kier alpha value is -0.677. The summed E-state index contributed by atoms with van der Waals surface area (Å²) in [5, 5.41) is 0. The van der Waals surface area contributed by atoms with E-state index in [1.807, 2.05) is 0 Å². The predicted molar refractivity (Wildman–Crippen MR) is 91.8 cm³/mol. The van der Waals surface area contributed by atoms with Gasteiger partial charge < -0.3 is 0 Å². The summed E-state index contributed by atoms with van der Waals surface area (Å²) < 4.78 is 0. The van der Waals surface area contributed by atoms with E-state index in [9.17, 15) is 0 Å². The molecule has 0 bridgehead atoms. The zero-order valence-corrected chi connectivity index (χ0v) is 17.0. The summed E-state index contributed by atoms with van der Waals surface area (Å²) in [5.41, 5.74) is 8.76. The van der Waals surface area contributed by atoms with Gasteiger partial charge in [0.1, 0.15) is 0 Å². The van der Waals surface area contributed by atoms with Crippen molar-refractivity contribution in [3.63, 3.8) is 0 Å². The van der Waals surface area contributed by atoms with Crippen LogP contribution in [0.5, 0.6) is 0 Å². The molecular formula is C21H25Zr. The van der Waals surface area contributed by atoms with Gasteiger partial charge in [-0.25, -0.2) is 0 Å². The summed E-state index contributed by atoms with van der Waals surface area (Å²) in [6, 6.07) is 13.7. The van der Waals surface area contributed by atoms with Gasteiger partial charge in [-0.05, 0) is 44.2 Å². The van der Waals surface area contributed by atoms with Crippen LogP contribution in [0, 0.1) is 6.42 Å². The molecule has 0 heterocycles. The molecule has 1 heteroatoms. The molecule has 0 fully saturated rings. The van der Waals surface area contributed by atoms with Crippen LogP contribution < -0.4 is 0 Å². The zero-order chi connectivity index (χ0) is 15.4. The smallest absolute Gasteiger partial charge is 0.0214 e. The number of hydrogen-bond donors (Lipinski definition) is 0. The first-order valence-corrected chi connectivity index (χ1v) is 7.81. The fourth-order valence-electron chi connectivity index (χ4n) is 3.15. The Morgan fingerprint density at radius 1 is 0.727 bits per heavy atom. The molecular weight excluding hydrogens is 343 g/mol. The van der Waals surface area contributed by atoms with E-state index in [1.165, 1.54) is 33.4 Å². The minimum absolute atomic E-state index is 0. The molecule has 0 aliphatic heterocycles. The average molecular weight is 369 g/mol. The van der Waals surface area contributed by atoms with Gasteiger partial charge in [0.05, 0.1) is 0 Å². The van der Waals surface area contributed by atoms with Crippen LogP contribution >= 0.6 is 0 Å². The number of rotatable bonds is 0. The third-order valence-electron chi connectivity index (χ3n) is 4.42. The number of hydrogen-bond acceptors (Lipinski definition) is 0. The molecule has 0 amide bonds. The van der Waals surface area contributed by atoms with Crippen LogP contribution in [0.25, 0.3) is 11.1 Å². The van der Waals surface area contributed by atoms with Gasteiger partial charge in [-0.2, -0.15) is 0 Å². The van der Waals surface area contributed by atoms with Crippen molar-refractivity contribution >= 4 is 0 Å². The first-order chi connectivity index (χ1) is 9.68. The molecule has 113 valence electrons. The molecule has 0 N–H and O–H groups in total. The Morgan fingerprint density at radius 3 is 2.00 bits per heavy atom. The van der Waals surface area contributed by atoms with E-state index < -0.39 is 0 Å². The Morgan fingerprint density at radius 2 is 1.41 bits per heavy atom. The summed E-state index contributed by atoms with van der Waals surface area (Å²) in [6.45, 7) is 13.7. The van der Waals surface area contributed by atoms with E-state index in [2.05, 4.69) is 84.4 Å². The van der Waals surface area contributed by atoms with Crippen molar-refractivity contribution in [3.8, 4) is 11.1 Å². The van der Waals surface area contributed by atoms with Crippen LogP contribution in [0.2, 0.25) is 0 Å². The molecule has 0 aromatic heterocycles. The van der Waals surface area contributed by atoms with Gasteiger partial charge in [0, 0.05) is 32.6 Å². The summed E-state index contributed by atoms with van der Waals surface area (Å²) in [6.07, 6.45) is 2.36. The number of benzene rings is 2. The summed E-state index contributed by atoms with van der Waals surface area (Å²) >= 11 is 0. The van der Waals surface area contributed by atoms with E-state index in [-0.39, 0.29) is 37.0 Å². The van der Waals surface area contributed by atoms with Gasteiger partial charge in [0.25, 0.3) is 0 Å². The summed E-state index contributed by atoms with van der Waals surface area (Å²) in [5.74, 6) is 0. The third-order valence-corrected chi connectivity index (χ3v) is 4.42. The molecule has 22 heavy (non-hydrogen) atoms. The molecule has 1 aliphatic carbocycles. The van der Waals surface area contributed by atoms with E-state index >= 15 is 0 Å². The Kier molecular flexibility index (Phi) is 4.62. The summed E-state index contributed by atoms with van der Waals surface area (Å²) in [4.78, 5) is 0. The van der Waals surface area contributed by atoms with Gasteiger partial charge in [0.15, 0.2) is 0 Å². The standard InChI is InChI=1S/C21H25.Zr/c1-20(2,3)15-11-10-14-12-18-16(17(14)13-15)8-7-9-19(18)21(4,5)6;/h7-13H,1-6H3;. The van der Waals surface area contributed by atoms with Crippen LogP contribution in [-0.2, 0) is 37.0 Å². The Bertz CT molecular complexity index is 697. The molecule has 0 atom stereocenters. The maximum absolute atomic E-state index is 2.38. The minimum Gasteiger partial charge on any atom is -0.0613 e. The first kappa shape index (κ1) is 17.7. The molecule has 0 saturated heterocycles. The zero-order valence-electron chi connectivity index (χ0n) is 14.5. The molecule has 0 unspecified atom stereocenters. The summed E-state index contributed by atoms with van der Waals surface area (Å²) in [7, 11) is 0. The SMILES string of the molecule is CC(C)(C)c1ccc2c(c1)-c1cccc(C(C)(C)C)c1[CH]2.[Zr]. The van der Waals surface area contributed by atoms with Gasteiger partial charge in [-0.3, -0.25) is 0 Å². The van der Waals surface area contributed by atoms with E-state index in [0.29, 0.717) is 0 Å². The fraction of sp³-hybridized carbons (Fsp3) is 0.381. The van der Waals surface area contributed by atoms with E-state index in [4.69, 9.17) is 0 Å². The van der Waals surface area contributed by atoms with Crippen LogP contribution in [0.4, 0.5) is 0 Å². The molecule has 0 saturated carbocycles. The van der Waals surface area contributed by atoms with Crippen LogP contribution in [-0.4, -0.2) is 0 Å². The van der Waals surface area contributed by atoms with Gasteiger partial charge in [-0.1, -0.05) is 77.9 Å². The van der Waals surface area contributed by atoms with Gasteiger partial charge in [0.2, 0.25) is 0 Å². The van der Waals surface area contributed by atoms with Crippen molar-refractivity contribution in [3.05, 3.63) is 65.1 Å². The van der Waals surface area contributed by atoms with Gasteiger partial charge in [-0.15, -0.1) is 0 Å². The molecule has 3 rings (SSSR count). The normalized spacial score (nSPS) is 13.4. The van der Waals surface area contributed by atoms with Crippen molar-refractivity contribution in [1.82, 2.24) is 0 Å². The molecule has 0 spiro atoms. The molecule has 2 aromatic rings. The monoisotopic (exact) mass is 367 g/mol. The van der Waals surface area contributed by atoms with Crippen molar-refractivity contribution in [1.29, 1.82) is 0 Å². The Labute approximate surface area is 154 Å². The van der Waals surface area contributed by atoms with Crippen LogP contribution in [0.1, 0.15) is 63.8 Å². The maximum Gasteiger partial charge on any atom is 0.0214 e. The van der Waals surface area contributed by atoms with Crippen molar-refractivity contribution < 1.29 is 26.2 Å². The predicted octanol–water partition coefficient (Wildman–Crippen LogP) is 5.86. The molecule has 1 aliphatic rings. The maximum atomic E-state index is 2.38. The number of fused-ring (bicyclic) bond motifs is 3. The second-order valence-corrected chi connectivity index (χ2v) is 8.21. The quantitative estimate of drug-likeness (QED) is 0.466. The van der Waals surface area contributed by atoms with Crippen molar-refractivity contribution in [2.45, 2.75) is 52.4 Å². The second kappa shape index (κ2) is 5.75. The van der Waals surface area contributed by atoms with Crippen LogP contribution in [0.3, 0.4) is 0 Å². The van der Waals surface area contributed by atoms with Crippen molar-refractivity contribution in [2.75, 3.05) is 0 Å². The van der Waals surface area contributed by atoms with E-state index in [0.717, 1.165) is 0 Å². The van der Waals surface area contributed by atoms with Crippen molar-refractivity contribution in [2.24, 2.45) is 0 Å². The topological polar surface area (TPSA) is 0 Å².